The minimum Gasteiger partial charge on any atom is -0.345 e. The molecular formula is C12H26N2O3S. The van der Waals surface area contributed by atoms with Crippen molar-refractivity contribution in [1.29, 1.82) is 0 Å². The zero-order valence-corrected chi connectivity index (χ0v) is 12.7. The van der Waals surface area contributed by atoms with Gasteiger partial charge in [0.05, 0.1) is 5.75 Å². The van der Waals surface area contributed by atoms with Crippen LogP contribution < -0.4 is 5.73 Å². The maximum absolute atomic E-state index is 11.7. The third-order valence-corrected chi connectivity index (χ3v) is 4.66. The third kappa shape index (κ3) is 6.96. The number of nitrogens with zero attached hydrogens (tertiary/aromatic N) is 1. The highest BCUT2D eigenvalue weighted by atomic mass is 32.2. The van der Waals surface area contributed by atoms with Crippen LogP contribution in [-0.4, -0.2) is 50.4 Å². The van der Waals surface area contributed by atoms with Crippen molar-refractivity contribution in [2.75, 3.05) is 25.1 Å². The van der Waals surface area contributed by atoms with Gasteiger partial charge in [-0.2, -0.15) is 0 Å². The molecule has 2 N–H and O–H groups in total. The SMILES string of the molecule is CCCS(=O)(=O)CC(=O)N(C)CCC(N)C(C)C. The predicted octanol–water partition coefficient (Wildman–Crippen LogP) is 0.643. The van der Waals surface area contributed by atoms with E-state index in [0.29, 0.717) is 25.3 Å². The summed E-state index contributed by atoms with van der Waals surface area (Å²) in [7, 11) is -1.63. The molecule has 0 rings (SSSR count). The molecule has 0 fully saturated rings. The van der Waals surface area contributed by atoms with E-state index in [4.69, 9.17) is 5.73 Å². The van der Waals surface area contributed by atoms with Gasteiger partial charge in [-0.15, -0.1) is 0 Å². The smallest absolute Gasteiger partial charge is 0.237 e. The molecule has 0 aliphatic rings. The van der Waals surface area contributed by atoms with Crippen LogP contribution in [0.5, 0.6) is 0 Å². The molecular weight excluding hydrogens is 252 g/mol. The fraction of sp³-hybridized carbons (Fsp3) is 0.917. The molecule has 18 heavy (non-hydrogen) atoms. The maximum atomic E-state index is 11.7. The van der Waals surface area contributed by atoms with Crippen molar-refractivity contribution in [3.63, 3.8) is 0 Å². The van der Waals surface area contributed by atoms with Crippen LogP contribution in [0.1, 0.15) is 33.6 Å². The second-order valence-corrected chi connectivity index (χ2v) is 7.29. The summed E-state index contributed by atoms with van der Waals surface area (Å²) in [6.45, 7) is 6.34. The van der Waals surface area contributed by atoms with E-state index in [0.717, 1.165) is 0 Å². The van der Waals surface area contributed by atoms with Crippen molar-refractivity contribution in [2.24, 2.45) is 11.7 Å². The molecule has 6 heteroatoms. The molecule has 5 nitrogen and oxygen atoms in total. The molecule has 0 saturated heterocycles. The highest BCUT2D eigenvalue weighted by molar-refractivity contribution is 7.92. The first-order valence-electron chi connectivity index (χ1n) is 6.39. The molecule has 0 heterocycles. The first kappa shape index (κ1) is 17.4. The Bertz CT molecular complexity index is 352. The Balaban J connectivity index is 4.20. The molecule has 0 saturated carbocycles. The summed E-state index contributed by atoms with van der Waals surface area (Å²) in [5.74, 6) is -0.316. The van der Waals surface area contributed by atoms with Crippen LogP contribution in [0.4, 0.5) is 0 Å². The van der Waals surface area contributed by atoms with E-state index in [1.54, 1.807) is 14.0 Å². The predicted molar refractivity (Wildman–Crippen MR) is 74.0 cm³/mol. The Labute approximate surface area is 111 Å². The number of hydrogen-bond acceptors (Lipinski definition) is 4. The molecule has 0 aliphatic carbocycles. The van der Waals surface area contributed by atoms with Gasteiger partial charge in [0.15, 0.2) is 9.84 Å². The van der Waals surface area contributed by atoms with Gasteiger partial charge >= 0.3 is 0 Å². The van der Waals surface area contributed by atoms with Gasteiger partial charge in [-0.05, 0) is 18.8 Å². The molecule has 0 aromatic rings. The van der Waals surface area contributed by atoms with Gasteiger partial charge < -0.3 is 10.6 Å². The van der Waals surface area contributed by atoms with Gasteiger partial charge in [0, 0.05) is 19.6 Å². The largest absolute Gasteiger partial charge is 0.345 e. The summed E-state index contributed by atoms with van der Waals surface area (Å²) < 4.78 is 23.0. The number of carbonyl (C=O) groups excluding carboxylic acids is 1. The average Bonchev–Trinajstić information content (AvgIpc) is 2.24. The summed E-state index contributed by atoms with van der Waals surface area (Å²) in [5, 5.41) is 0. The van der Waals surface area contributed by atoms with E-state index in [1.165, 1.54) is 4.90 Å². The monoisotopic (exact) mass is 278 g/mol. The maximum Gasteiger partial charge on any atom is 0.237 e. The molecule has 1 unspecified atom stereocenters. The lowest BCUT2D eigenvalue weighted by Crippen LogP contribution is -2.37. The fourth-order valence-corrected chi connectivity index (χ4v) is 2.85. The molecule has 1 amide bonds. The van der Waals surface area contributed by atoms with Gasteiger partial charge in [0.1, 0.15) is 5.75 Å². The lowest BCUT2D eigenvalue weighted by atomic mass is 10.0. The minimum atomic E-state index is -3.25. The van der Waals surface area contributed by atoms with Crippen molar-refractivity contribution < 1.29 is 13.2 Å². The first-order valence-corrected chi connectivity index (χ1v) is 8.21. The minimum absolute atomic E-state index is 0.0347. The highest BCUT2D eigenvalue weighted by Crippen LogP contribution is 2.04. The molecule has 0 aromatic heterocycles. The van der Waals surface area contributed by atoms with Crippen LogP contribution in [-0.2, 0) is 14.6 Å². The van der Waals surface area contributed by atoms with Crippen molar-refractivity contribution in [3.05, 3.63) is 0 Å². The van der Waals surface area contributed by atoms with E-state index < -0.39 is 15.6 Å². The highest BCUT2D eigenvalue weighted by Gasteiger charge is 2.19. The van der Waals surface area contributed by atoms with Gasteiger partial charge in [-0.1, -0.05) is 20.8 Å². The Morgan fingerprint density at radius 3 is 2.33 bits per heavy atom. The Kier molecular flexibility index (Phi) is 7.47. The second kappa shape index (κ2) is 7.74. The molecule has 0 aliphatic heterocycles. The van der Waals surface area contributed by atoms with Crippen molar-refractivity contribution in [3.8, 4) is 0 Å². The lowest BCUT2D eigenvalue weighted by Gasteiger charge is -2.21. The van der Waals surface area contributed by atoms with Crippen LogP contribution in [0.2, 0.25) is 0 Å². The molecule has 0 radical (unpaired) electrons. The Morgan fingerprint density at radius 2 is 1.89 bits per heavy atom. The van der Waals surface area contributed by atoms with E-state index in [9.17, 15) is 13.2 Å². The number of nitrogens with two attached hydrogens (primary N) is 1. The number of carbonyl (C=O) groups is 1. The number of rotatable bonds is 8. The molecule has 0 bridgehead atoms. The summed E-state index contributed by atoms with van der Waals surface area (Å²) in [4.78, 5) is 13.2. The number of amides is 1. The molecule has 1 atom stereocenters. The van der Waals surface area contributed by atoms with E-state index in [1.807, 2.05) is 13.8 Å². The molecule has 108 valence electrons. The van der Waals surface area contributed by atoms with Gasteiger partial charge in [0.2, 0.25) is 5.91 Å². The zero-order chi connectivity index (χ0) is 14.3. The van der Waals surface area contributed by atoms with E-state index in [-0.39, 0.29) is 17.7 Å². The van der Waals surface area contributed by atoms with Crippen LogP contribution in [0, 0.1) is 5.92 Å². The second-order valence-electron chi connectivity index (χ2n) is 5.10. The zero-order valence-electron chi connectivity index (χ0n) is 11.8. The van der Waals surface area contributed by atoms with Crippen LogP contribution >= 0.6 is 0 Å². The fourth-order valence-electron chi connectivity index (χ4n) is 1.48. The molecule has 0 spiro atoms. The number of sulfone groups is 1. The summed E-state index contributed by atoms with van der Waals surface area (Å²) in [5.41, 5.74) is 5.88. The quantitative estimate of drug-likeness (QED) is 0.706. The summed E-state index contributed by atoms with van der Waals surface area (Å²) in [6.07, 6.45) is 1.23. The standard InChI is InChI=1S/C12H26N2O3S/c1-5-8-18(16,17)9-12(15)14(4)7-6-11(13)10(2)3/h10-11H,5-9,13H2,1-4H3. The Hall–Kier alpha value is -0.620. The lowest BCUT2D eigenvalue weighted by molar-refractivity contribution is -0.127. The van der Waals surface area contributed by atoms with Crippen molar-refractivity contribution in [2.45, 2.75) is 39.7 Å². The Morgan fingerprint density at radius 1 is 1.33 bits per heavy atom. The van der Waals surface area contributed by atoms with Crippen molar-refractivity contribution in [1.82, 2.24) is 4.90 Å². The topological polar surface area (TPSA) is 80.5 Å². The van der Waals surface area contributed by atoms with E-state index in [2.05, 4.69) is 0 Å². The van der Waals surface area contributed by atoms with Crippen LogP contribution in [0.3, 0.4) is 0 Å². The van der Waals surface area contributed by atoms with E-state index >= 15 is 0 Å². The summed E-state index contributed by atoms with van der Waals surface area (Å²) in [6, 6.07) is 0.0347. The first-order chi connectivity index (χ1) is 8.19. The van der Waals surface area contributed by atoms with Crippen molar-refractivity contribution >= 4 is 15.7 Å². The van der Waals surface area contributed by atoms with Gasteiger partial charge in [-0.3, -0.25) is 4.79 Å². The average molecular weight is 278 g/mol. The van der Waals surface area contributed by atoms with Crippen LogP contribution in [0.15, 0.2) is 0 Å². The van der Waals surface area contributed by atoms with Crippen LogP contribution in [0.25, 0.3) is 0 Å². The third-order valence-electron chi connectivity index (χ3n) is 2.94. The summed E-state index contributed by atoms with van der Waals surface area (Å²) >= 11 is 0. The molecule has 0 aromatic carbocycles. The van der Waals surface area contributed by atoms with Gasteiger partial charge in [0.25, 0.3) is 0 Å². The van der Waals surface area contributed by atoms with Gasteiger partial charge in [-0.25, -0.2) is 8.42 Å². The number of hydrogen-bond donors (Lipinski definition) is 1. The normalized spacial score (nSPS) is 13.7.